The smallest absolute Gasteiger partial charge is 0.261 e. The minimum Gasteiger partial charge on any atom is -0.497 e. The van der Waals surface area contributed by atoms with Crippen LogP contribution in [0.3, 0.4) is 0 Å². The summed E-state index contributed by atoms with van der Waals surface area (Å²) in [7, 11) is 1.60. The number of hydrogen-bond acceptors (Lipinski definition) is 7. The van der Waals surface area contributed by atoms with Crippen LogP contribution < -0.4 is 15.4 Å². The molecule has 8 nitrogen and oxygen atoms in total. The van der Waals surface area contributed by atoms with Crippen molar-refractivity contribution in [2.24, 2.45) is 0 Å². The van der Waals surface area contributed by atoms with Gasteiger partial charge in [0.2, 0.25) is 5.91 Å². The lowest BCUT2D eigenvalue weighted by atomic mass is 10.1. The Kier molecular flexibility index (Phi) is 7.84. The largest absolute Gasteiger partial charge is 0.497 e. The fourth-order valence-corrected chi connectivity index (χ4v) is 4.77. The summed E-state index contributed by atoms with van der Waals surface area (Å²) < 4.78 is 7.06. The Hall–Kier alpha value is -3.63. The number of nitrogens with one attached hydrogen (secondary N) is 2. The summed E-state index contributed by atoms with van der Waals surface area (Å²) in [6, 6.07) is 16.9. The van der Waals surface area contributed by atoms with E-state index in [9.17, 15) is 9.59 Å². The molecule has 2 aromatic heterocycles. The van der Waals surface area contributed by atoms with Crippen LogP contribution in [-0.2, 0) is 11.3 Å². The van der Waals surface area contributed by atoms with E-state index in [1.807, 2.05) is 48.1 Å². The summed E-state index contributed by atoms with van der Waals surface area (Å²) in [6.45, 7) is 4.23. The molecule has 180 valence electrons. The molecule has 35 heavy (non-hydrogen) atoms. The highest BCUT2D eigenvalue weighted by Crippen LogP contribution is 2.26. The Labute approximate surface area is 211 Å². The maximum atomic E-state index is 12.6. The van der Waals surface area contributed by atoms with E-state index < -0.39 is 0 Å². The van der Waals surface area contributed by atoms with E-state index in [2.05, 4.69) is 20.8 Å². The van der Waals surface area contributed by atoms with Crippen LogP contribution in [0.15, 0.2) is 65.1 Å². The molecule has 10 heteroatoms. The van der Waals surface area contributed by atoms with Gasteiger partial charge in [-0.25, -0.2) is 0 Å². The van der Waals surface area contributed by atoms with Crippen molar-refractivity contribution in [3.05, 3.63) is 81.8 Å². The molecule has 4 rings (SSSR count). The third-order valence-electron chi connectivity index (χ3n) is 5.16. The van der Waals surface area contributed by atoms with E-state index in [-0.39, 0.29) is 24.1 Å². The van der Waals surface area contributed by atoms with Crippen molar-refractivity contribution in [3.8, 4) is 11.4 Å². The van der Waals surface area contributed by atoms with Crippen molar-refractivity contribution in [1.29, 1.82) is 0 Å². The molecule has 0 radical (unpaired) electrons. The number of thiophene rings is 1. The van der Waals surface area contributed by atoms with Crippen molar-refractivity contribution in [1.82, 2.24) is 20.1 Å². The molecule has 0 spiro atoms. The highest BCUT2D eigenvalue weighted by Gasteiger charge is 2.19. The predicted octanol–water partition coefficient (Wildman–Crippen LogP) is 4.62. The summed E-state index contributed by atoms with van der Waals surface area (Å²) >= 11 is 2.67. The first-order chi connectivity index (χ1) is 16.9. The van der Waals surface area contributed by atoms with Crippen LogP contribution in [-0.4, -0.2) is 39.4 Å². The number of thioether (sulfide) groups is 1. The molecule has 2 amide bonds. The van der Waals surface area contributed by atoms with Crippen molar-refractivity contribution >= 4 is 40.6 Å². The number of benzene rings is 2. The maximum absolute atomic E-state index is 12.6. The second kappa shape index (κ2) is 11.2. The first-order valence-corrected chi connectivity index (χ1v) is 12.7. The zero-order chi connectivity index (χ0) is 24.8. The first kappa shape index (κ1) is 24.5. The van der Waals surface area contributed by atoms with Gasteiger partial charge in [0.05, 0.1) is 30.0 Å². The fraction of sp³-hybridized carbons (Fsp3) is 0.200. The third kappa shape index (κ3) is 6.09. The minimum atomic E-state index is -0.164. The van der Waals surface area contributed by atoms with Crippen LogP contribution in [0.1, 0.15) is 26.6 Å². The lowest BCUT2D eigenvalue weighted by Gasteiger charge is -2.14. The highest BCUT2D eigenvalue weighted by molar-refractivity contribution is 7.99. The van der Waals surface area contributed by atoms with Crippen molar-refractivity contribution in [2.75, 3.05) is 18.2 Å². The van der Waals surface area contributed by atoms with Gasteiger partial charge >= 0.3 is 0 Å². The average molecular weight is 508 g/mol. The molecule has 2 aromatic carbocycles. The molecule has 0 aliphatic rings. The van der Waals surface area contributed by atoms with E-state index in [1.165, 1.54) is 23.1 Å². The third-order valence-corrected chi connectivity index (χ3v) is 6.96. The number of carbonyl (C=O) groups is 2. The number of aromatic nitrogens is 3. The molecule has 0 saturated carbocycles. The number of ether oxygens (including phenoxy) is 1. The molecule has 0 aliphatic heterocycles. The van der Waals surface area contributed by atoms with E-state index >= 15 is 0 Å². The zero-order valence-electron chi connectivity index (χ0n) is 19.6. The molecule has 0 aliphatic carbocycles. The summed E-state index contributed by atoms with van der Waals surface area (Å²) in [6.07, 6.45) is 0. The van der Waals surface area contributed by atoms with Gasteiger partial charge in [0.25, 0.3) is 5.91 Å². The normalized spacial score (nSPS) is 10.7. The summed E-state index contributed by atoms with van der Waals surface area (Å²) in [5.74, 6) is 1.13. The summed E-state index contributed by atoms with van der Waals surface area (Å²) in [5.41, 5.74) is 3.71. The van der Waals surface area contributed by atoms with Gasteiger partial charge < -0.3 is 15.4 Å². The molecule has 2 N–H and O–H groups in total. The topological polar surface area (TPSA) is 98.1 Å². The van der Waals surface area contributed by atoms with Crippen LogP contribution in [0, 0.1) is 13.8 Å². The molecular weight excluding hydrogens is 482 g/mol. The summed E-state index contributed by atoms with van der Waals surface area (Å²) in [4.78, 5) is 25.7. The Balaban J connectivity index is 1.52. The SMILES string of the molecule is COc1ccc(NC(=O)CSc2nnc(CNC(=O)c3cccs3)n2-c2cc(C)ccc2C)cc1. The molecular formula is C25H25N5O3S2. The van der Waals surface area contributed by atoms with Gasteiger partial charge in [0.1, 0.15) is 5.75 Å². The van der Waals surface area contributed by atoms with Crippen LogP contribution in [0.2, 0.25) is 0 Å². The lowest BCUT2D eigenvalue weighted by Crippen LogP contribution is -2.24. The van der Waals surface area contributed by atoms with Crippen LogP contribution >= 0.6 is 23.1 Å². The van der Waals surface area contributed by atoms with Crippen molar-refractivity contribution < 1.29 is 14.3 Å². The van der Waals surface area contributed by atoms with Crippen LogP contribution in [0.4, 0.5) is 5.69 Å². The predicted molar refractivity (Wildman–Crippen MR) is 139 cm³/mol. The Bertz CT molecular complexity index is 1320. The number of carbonyl (C=O) groups excluding carboxylic acids is 2. The van der Waals surface area contributed by atoms with Crippen molar-refractivity contribution in [2.45, 2.75) is 25.5 Å². The zero-order valence-corrected chi connectivity index (χ0v) is 21.2. The number of rotatable bonds is 9. The molecule has 0 fully saturated rings. The second-order valence-electron chi connectivity index (χ2n) is 7.75. The number of anilines is 1. The number of nitrogens with zero attached hydrogens (tertiary/aromatic N) is 3. The second-order valence-corrected chi connectivity index (χ2v) is 9.64. The van der Waals surface area contributed by atoms with Gasteiger partial charge in [-0.1, -0.05) is 30.0 Å². The first-order valence-electron chi connectivity index (χ1n) is 10.8. The van der Waals surface area contributed by atoms with Gasteiger partial charge in [-0.15, -0.1) is 21.5 Å². The maximum Gasteiger partial charge on any atom is 0.261 e. The van der Waals surface area contributed by atoms with E-state index in [1.54, 1.807) is 37.4 Å². The van der Waals surface area contributed by atoms with E-state index in [4.69, 9.17) is 4.74 Å². The molecule has 4 aromatic rings. The Morgan fingerprint density at radius 3 is 2.60 bits per heavy atom. The van der Waals surface area contributed by atoms with E-state index in [0.717, 1.165) is 22.6 Å². The summed E-state index contributed by atoms with van der Waals surface area (Å²) in [5, 5.41) is 16.9. The molecule has 0 atom stereocenters. The molecule has 0 bridgehead atoms. The van der Waals surface area contributed by atoms with Gasteiger partial charge in [-0.3, -0.25) is 14.2 Å². The minimum absolute atomic E-state index is 0.149. The van der Waals surface area contributed by atoms with Crippen LogP contribution in [0.5, 0.6) is 5.75 Å². The molecule has 0 saturated heterocycles. The number of aryl methyl sites for hydroxylation is 2. The van der Waals surface area contributed by atoms with Gasteiger partial charge in [0, 0.05) is 5.69 Å². The van der Waals surface area contributed by atoms with Crippen LogP contribution in [0.25, 0.3) is 5.69 Å². The Morgan fingerprint density at radius 1 is 1.09 bits per heavy atom. The van der Waals surface area contributed by atoms with Gasteiger partial charge in [-0.2, -0.15) is 0 Å². The highest BCUT2D eigenvalue weighted by atomic mass is 32.2. The number of hydrogen-bond donors (Lipinski definition) is 2. The van der Waals surface area contributed by atoms with Gasteiger partial charge in [-0.05, 0) is 66.8 Å². The van der Waals surface area contributed by atoms with Crippen molar-refractivity contribution in [3.63, 3.8) is 0 Å². The molecule has 0 unspecified atom stereocenters. The lowest BCUT2D eigenvalue weighted by molar-refractivity contribution is -0.113. The number of amides is 2. The molecule has 2 heterocycles. The Morgan fingerprint density at radius 2 is 1.89 bits per heavy atom. The van der Waals surface area contributed by atoms with Gasteiger partial charge in [0.15, 0.2) is 11.0 Å². The fourth-order valence-electron chi connectivity index (χ4n) is 3.37. The monoisotopic (exact) mass is 507 g/mol. The van der Waals surface area contributed by atoms with E-state index in [0.29, 0.717) is 21.5 Å². The quantitative estimate of drug-likeness (QED) is 0.321. The standard InChI is InChI=1S/C25H25N5O3S2/c1-16-6-7-17(2)20(13-16)30-22(14-26-24(32)21-5-4-12-34-21)28-29-25(30)35-15-23(31)27-18-8-10-19(33-3)11-9-18/h4-13H,14-15H2,1-3H3,(H,26,32)(H,27,31). The average Bonchev–Trinajstić information content (AvgIpc) is 3.54. The number of methoxy groups -OCH3 is 1.